The molecular weight excluding hydrogens is 188 g/mol. The van der Waals surface area contributed by atoms with Crippen LogP contribution in [0.25, 0.3) is 5.65 Å². The highest BCUT2D eigenvalue weighted by Crippen LogP contribution is 2.41. The molecule has 1 fully saturated rings. The molecule has 3 rings (SSSR count). The fraction of sp³-hybridized carbons (Fsp3) is 0.417. The second kappa shape index (κ2) is 2.99. The first-order valence-electron chi connectivity index (χ1n) is 5.32. The molecule has 0 amide bonds. The average molecular weight is 202 g/mol. The number of ether oxygens (including phenoxy) is 1. The van der Waals surface area contributed by atoms with Crippen LogP contribution in [0.2, 0.25) is 0 Å². The number of hydrogen-bond acceptors (Lipinski definition) is 2. The molecule has 3 heteroatoms. The minimum Gasteiger partial charge on any atom is -0.497 e. The smallest absolute Gasteiger partial charge is 0.140 e. The Bertz CT molecular complexity index is 512. The summed E-state index contributed by atoms with van der Waals surface area (Å²) in [4.78, 5) is 4.67. The summed E-state index contributed by atoms with van der Waals surface area (Å²) in [7, 11) is 1.68. The molecule has 0 N–H and O–H groups in total. The van der Waals surface area contributed by atoms with Crippen LogP contribution in [0.4, 0.5) is 0 Å². The molecule has 1 saturated carbocycles. The lowest BCUT2D eigenvalue weighted by atomic mass is 10.2. The summed E-state index contributed by atoms with van der Waals surface area (Å²) < 4.78 is 7.33. The van der Waals surface area contributed by atoms with Gasteiger partial charge >= 0.3 is 0 Å². The van der Waals surface area contributed by atoms with Crippen LogP contribution in [0.1, 0.15) is 30.1 Å². The summed E-state index contributed by atoms with van der Waals surface area (Å²) in [6, 6.07) is 3.96. The maximum absolute atomic E-state index is 5.19. The van der Waals surface area contributed by atoms with E-state index in [4.69, 9.17) is 4.74 Å². The Morgan fingerprint density at radius 3 is 2.93 bits per heavy atom. The number of aryl methyl sites for hydroxylation is 1. The zero-order chi connectivity index (χ0) is 10.4. The molecule has 2 heterocycles. The van der Waals surface area contributed by atoms with Crippen LogP contribution in [0.15, 0.2) is 18.3 Å². The maximum atomic E-state index is 5.19. The topological polar surface area (TPSA) is 26.5 Å². The molecule has 0 saturated heterocycles. The lowest BCUT2D eigenvalue weighted by molar-refractivity contribution is 0.414. The van der Waals surface area contributed by atoms with E-state index in [0.717, 1.165) is 11.4 Å². The summed E-state index contributed by atoms with van der Waals surface area (Å²) >= 11 is 0. The van der Waals surface area contributed by atoms with Crippen molar-refractivity contribution >= 4 is 5.65 Å². The van der Waals surface area contributed by atoms with Crippen LogP contribution >= 0.6 is 0 Å². The molecule has 3 nitrogen and oxygen atoms in total. The minimum absolute atomic E-state index is 0.705. The van der Waals surface area contributed by atoms with Crippen molar-refractivity contribution in [2.45, 2.75) is 25.7 Å². The van der Waals surface area contributed by atoms with Gasteiger partial charge in [-0.15, -0.1) is 0 Å². The van der Waals surface area contributed by atoms with E-state index < -0.39 is 0 Å². The molecule has 1 aliphatic carbocycles. The third kappa shape index (κ3) is 1.30. The van der Waals surface area contributed by atoms with Crippen molar-refractivity contribution in [1.82, 2.24) is 9.38 Å². The van der Waals surface area contributed by atoms with Gasteiger partial charge in [-0.1, -0.05) is 0 Å². The van der Waals surface area contributed by atoms with Gasteiger partial charge in [-0.25, -0.2) is 4.98 Å². The van der Waals surface area contributed by atoms with E-state index in [1.165, 1.54) is 24.2 Å². The van der Waals surface area contributed by atoms with Gasteiger partial charge in [-0.2, -0.15) is 0 Å². The van der Waals surface area contributed by atoms with Crippen LogP contribution in [-0.4, -0.2) is 16.5 Å². The predicted molar refractivity (Wildman–Crippen MR) is 58.5 cm³/mol. The number of fused-ring (bicyclic) bond motifs is 1. The Labute approximate surface area is 88.7 Å². The second-order valence-corrected chi connectivity index (χ2v) is 4.15. The Morgan fingerprint density at radius 1 is 1.47 bits per heavy atom. The highest BCUT2D eigenvalue weighted by Gasteiger charge is 2.28. The fourth-order valence-corrected chi connectivity index (χ4v) is 2.04. The van der Waals surface area contributed by atoms with E-state index in [1.54, 1.807) is 7.11 Å². The van der Waals surface area contributed by atoms with Gasteiger partial charge in [0.25, 0.3) is 0 Å². The first-order chi connectivity index (χ1) is 7.29. The monoisotopic (exact) mass is 202 g/mol. The molecule has 2 aromatic heterocycles. The molecule has 78 valence electrons. The number of imidazole rings is 1. The van der Waals surface area contributed by atoms with Crippen molar-refractivity contribution in [3.63, 3.8) is 0 Å². The SMILES string of the molecule is COc1ccn2c(C)c(C3CC3)nc2c1. The Morgan fingerprint density at radius 2 is 2.27 bits per heavy atom. The summed E-state index contributed by atoms with van der Waals surface area (Å²) in [6.07, 6.45) is 4.62. The zero-order valence-electron chi connectivity index (χ0n) is 9.03. The van der Waals surface area contributed by atoms with E-state index >= 15 is 0 Å². The van der Waals surface area contributed by atoms with E-state index in [2.05, 4.69) is 16.3 Å². The molecule has 0 unspecified atom stereocenters. The number of aromatic nitrogens is 2. The highest BCUT2D eigenvalue weighted by atomic mass is 16.5. The van der Waals surface area contributed by atoms with Crippen molar-refractivity contribution in [2.75, 3.05) is 7.11 Å². The van der Waals surface area contributed by atoms with Gasteiger partial charge in [0.05, 0.1) is 12.8 Å². The van der Waals surface area contributed by atoms with E-state index in [-0.39, 0.29) is 0 Å². The van der Waals surface area contributed by atoms with Crippen LogP contribution in [-0.2, 0) is 0 Å². The van der Waals surface area contributed by atoms with Gasteiger partial charge in [0.15, 0.2) is 0 Å². The van der Waals surface area contributed by atoms with Gasteiger partial charge in [-0.05, 0) is 25.8 Å². The molecule has 0 aliphatic heterocycles. The molecular formula is C12H14N2O. The lowest BCUT2D eigenvalue weighted by Crippen LogP contribution is -1.89. The third-order valence-electron chi connectivity index (χ3n) is 3.07. The molecule has 0 radical (unpaired) electrons. The van der Waals surface area contributed by atoms with Gasteiger partial charge < -0.3 is 9.14 Å². The number of rotatable bonds is 2. The molecule has 2 aromatic rings. The normalized spacial score (nSPS) is 15.9. The Hall–Kier alpha value is -1.51. The van der Waals surface area contributed by atoms with E-state index in [0.29, 0.717) is 5.92 Å². The van der Waals surface area contributed by atoms with Crippen molar-refractivity contribution in [1.29, 1.82) is 0 Å². The molecule has 0 bridgehead atoms. The molecule has 0 spiro atoms. The summed E-state index contributed by atoms with van der Waals surface area (Å²) in [5, 5.41) is 0. The zero-order valence-corrected chi connectivity index (χ0v) is 9.03. The van der Waals surface area contributed by atoms with Gasteiger partial charge in [-0.3, -0.25) is 0 Å². The largest absolute Gasteiger partial charge is 0.497 e. The van der Waals surface area contributed by atoms with Crippen molar-refractivity contribution in [3.8, 4) is 5.75 Å². The maximum Gasteiger partial charge on any atom is 0.140 e. The first kappa shape index (κ1) is 8.77. The quantitative estimate of drug-likeness (QED) is 0.748. The average Bonchev–Trinajstić information content (AvgIpc) is 3.04. The Balaban J connectivity index is 2.20. The van der Waals surface area contributed by atoms with Crippen LogP contribution in [0.3, 0.4) is 0 Å². The predicted octanol–water partition coefficient (Wildman–Crippen LogP) is 2.53. The first-order valence-corrected chi connectivity index (χ1v) is 5.32. The highest BCUT2D eigenvalue weighted by molar-refractivity contribution is 5.49. The lowest BCUT2D eigenvalue weighted by Gasteiger charge is -2.00. The number of nitrogens with zero attached hydrogens (tertiary/aromatic N) is 2. The van der Waals surface area contributed by atoms with Crippen LogP contribution in [0.5, 0.6) is 5.75 Å². The molecule has 15 heavy (non-hydrogen) atoms. The third-order valence-corrected chi connectivity index (χ3v) is 3.07. The second-order valence-electron chi connectivity index (χ2n) is 4.15. The molecule has 0 aromatic carbocycles. The van der Waals surface area contributed by atoms with Gasteiger partial charge in [0.1, 0.15) is 11.4 Å². The van der Waals surface area contributed by atoms with Crippen LogP contribution < -0.4 is 4.74 Å². The van der Waals surface area contributed by atoms with E-state index in [1.807, 2.05) is 18.3 Å². The van der Waals surface area contributed by atoms with Crippen molar-refractivity contribution in [3.05, 3.63) is 29.7 Å². The molecule has 1 aliphatic rings. The standard InChI is InChI=1S/C12H14N2O/c1-8-12(9-3-4-9)13-11-7-10(15-2)5-6-14(8)11/h5-7,9H,3-4H2,1-2H3. The van der Waals surface area contributed by atoms with Crippen LogP contribution in [0, 0.1) is 6.92 Å². The summed E-state index contributed by atoms with van der Waals surface area (Å²) in [5.74, 6) is 1.57. The van der Waals surface area contributed by atoms with Gasteiger partial charge in [0.2, 0.25) is 0 Å². The number of pyridine rings is 1. The van der Waals surface area contributed by atoms with E-state index in [9.17, 15) is 0 Å². The summed E-state index contributed by atoms with van der Waals surface area (Å²) in [6.45, 7) is 2.14. The van der Waals surface area contributed by atoms with Crippen molar-refractivity contribution < 1.29 is 4.74 Å². The van der Waals surface area contributed by atoms with Crippen molar-refractivity contribution in [2.24, 2.45) is 0 Å². The number of methoxy groups -OCH3 is 1. The molecule has 0 atom stereocenters. The number of hydrogen-bond donors (Lipinski definition) is 0. The fourth-order valence-electron chi connectivity index (χ4n) is 2.04. The minimum atomic E-state index is 0.705. The van der Waals surface area contributed by atoms with Gasteiger partial charge in [0, 0.05) is 23.9 Å². The summed E-state index contributed by atoms with van der Waals surface area (Å²) in [5.41, 5.74) is 3.53. The Kier molecular flexibility index (Phi) is 1.75.